The molecule has 2 unspecified atom stereocenters. The molecule has 0 saturated carbocycles. The van der Waals surface area contributed by atoms with Crippen LogP contribution in [0.25, 0.3) is 44.2 Å². The standard InChI is InChI=1S/C52H38N2/c1-2-12-37(13-3-1)39-26-30-45(31-27-39)53(46-32-28-40(29-33-46)44-25-24-38-14-4-5-15-41(38)34-44)47-18-10-16-42(35-47)43-17-11-19-48(36-43)54-51-22-8-6-20-49(51)50-21-7-9-23-52(50)54/h1-36,49,51H. The molecule has 1 aliphatic heterocycles. The minimum absolute atomic E-state index is 0.265. The van der Waals surface area contributed by atoms with Gasteiger partial charge in [-0.2, -0.15) is 0 Å². The largest absolute Gasteiger partial charge is 0.333 e. The molecule has 2 atom stereocenters. The quantitative estimate of drug-likeness (QED) is 0.164. The number of rotatable bonds is 7. The van der Waals surface area contributed by atoms with Crippen molar-refractivity contribution in [3.8, 4) is 33.4 Å². The number of fused-ring (bicyclic) bond motifs is 4. The maximum atomic E-state index is 2.51. The van der Waals surface area contributed by atoms with Gasteiger partial charge in [-0.3, -0.25) is 0 Å². The van der Waals surface area contributed by atoms with Crippen LogP contribution in [0.15, 0.2) is 218 Å². The number of hydrogen-bond acceptors (Lipinski definition) is 2. The molecule has 0 aromatic heterocycles. The molecule has 10 rings (SSSR count). The molecule has 0 radical (unpaired) electrons. The van der Waals surface area contributed by atoms with Crippen molar-refractivity contribution in [2.45, 2.75) is 12.0 Å². The summed E-state index contributed by atoms with van der Waals surface area (Å²) >= 11 is 0. The van der Waals surface area contributed by atoms with Crippen molar-refractivity contribution in [3.05, 3.63) is 224 Å². The van der Waals surface area contributed by atoms with Gasteiger partial charge in [-0.15, -0.1) is 0 Å². The molecule has 8 aromatic rings. The lowest BCUT2D eigenvalue weighted by Crippen LogP contribution is -2.28. The lowest BCUT2D eigenvalue weighted by Gasteiger charge is -2.29. The van der Waals surface area contributed by atoms with Crippen LogP contribution in [-0.4, -0.2) is 6.04 Å². The summed E-state index contributed by atoms with van der Waals surface area (Å²) in [7, 11) is 0. The second-order valence-corrected chi connectivity index (χ2v) is 14.2. The Bertz CT molecular complexity index is 2670. The highest BCUT2D eigenvalue weighted by atomic mass is 15.2. The summed E-state index contributed by atoms with van der Waals surface area (Å²) < 4.78 is 0. The first-order valence-electron chi connectivity index (χ1n) is 18.8. The van der Waals surface area contributed by atoms with E-state index in [2.05, 4.69) is 228 Å². The predicted molar refractivity (Wildman–Crippen MR) is 228 cm³/mol. The second-order valence-electron chi connectivity index (χ2n) is 14.2. The van der Waals surface area contributed by atoms with Gasteiger partial charge in [-0.25, -0.2) is 0 Å². The molecular formula is C52H38N2. The number of nitrogens with zero attached hydrogens (tertiary/aromatic N) is 2. The van der Waals surface area contributed by atoms with Crippen LogP contribution in [0.4, 0.5) is 28.4 Å². The Morgan fingerprint density at radius 2 is 0.944 bits per heavy atom. The molecule has 0 bridgehead atoms. The molecule has 54 heavy (non-hydrogen) atoms. The van der Waals surface area contributed by atoms with Crippen molar-refractivity contribution in [1.82, 2.24) is 0 Å². The van der Waals surface area contributed by atoms with Crippen molar-refractivity contribution in [2.24, 2.45) is 0 Å². The molecule has 2 aliphatic rings. The van der Waals surface area contributed by atoms with E-state index in [1.165, 1.54) is 61.1 Å². The summed E-state index contributed by atoms with van der Waals surface area (Å²) in [5, 5.41) is 2.51. The number of hydrogen-bond donors (Lipinski definition) is 0. The second kappa shape index (κ2) is 13.6. The van der Waals surface area contributed by atoms with E-state index in [1.807, 2.05) is 0 Å². The van der Waals surface area contributed by atoms with Crippen molar-refractivity contribution in [3.63, 3.8) is 0 Å². The van der Waals surface area contributed by atoms with Crippen molar-refractivity contribution in [1.29, 1.82) is 0 Å². The zero-order chi connectivity index (χ0) is 35.8. The molecule has 0 saturated heterocycles. The topological polar surface area (TPSA) is 6.48 Å². The van der Waals surface area contributed by atoms with Crippen LogP contribution in [-0.2, 0) is 0 Å². The van der Waals surface area contributed by atoms with Gasteiger partial charge in [0, 0.05) is 34.4 Å². The lowest BCUT2D eigenvalue weighted by molar-refractivity contribution is 0.745. The van der Waals surface area contributed by atoms with E-state index in [0.29, 0.717) is 5.92 Å². The zero-order valence-electron chi connectivity index (χ0n) is 29.8. The third-order valence-electron chi connectivity index (χ3n) is 11.0. The van der Waals surface area contributed by atoms with E-state index < -0.39 is 0 Å². The van der Waals surface area contributed by atoms with Crippen molar-refractivity contribution in [2.75, 3.05) is 9.80 Å². The van der Waals surface area contributed by atoms with Gasteiger partial charge in [0.25, 0.3) is 0 Å². The van der Waals surface area contributed by atoms with Crippen LogP contribution in [0.1, 0.15) is 11.5 Å². The average Bonchev–Trinajstić information content (AvgIpc) is 3.59. The normalized spacial score (nSPS) is 15.6. The van der Waals surface area contributed by atoms with Gasteiger partial charge in [0.05, 0.1) is 6.04 Å². The molecule has 8 aromatic carbocycles. The predicted octanol–water partition coefficient (Wildman–Crippen LogP) is 14.0. The Hall–Kier alpha value is -6.90. The summed E-state index contributed by atoms with van der Waals surface area (Å²) in [5.41, 5.74) is 14.4. The fourth-order valence-electron chi connectivity index (χ4n) is 8.30. The summed E-state index contributed by atoms with van der Waals surface area (Å²) in [6.07, 6.45) is 9.04. The van der Waals surface area contributed by atoms with E-state index >= 15 is 0 Å². The zero-order valence-corrected chi connectivity index (χ0v) is 29.8. The maximum Gasteiger partial charge on any atom is 0.0629 e. The summed E-state index contributed by atoms with van der Waals surface area (Å²) in [6, 6.07) is 70.8. The molecule has 1 heterocycles. The number of benzene rings is 8. The molecule has 256 valence electrons. The van der Waals surface area contributed by atoms with Crippen LogP contribution < -0.4 is 9.80 Å². The molecule has 1 aliphatic carbocycles. The Morgan fingerprint density at radius 3 is 1.74 bits per heavy atom. The van der Waals surface area contributed by atoms with Crippen LogP contribution >= 0.6 is 0 Å². The SMILES string of the molecule is C1=CC2c3ccccc3N(c3cccc(-c4cccc(N(c5ccc(-c6ccccc6)cc5)c5ccc(-c6ccc7ccccc7c6)cc5)c4)c3)C2C=C1. The Morgan fingerprint density at radius 1 is 0.370 bits per heavy atom. The van der Waals surface area contributed by atoms with E-state index in [4.69, 9.17) is 0 Å². The van der Waals surface area contributed by atoms with Crippen LogP contribution in [0, 0.1) is 0 Å². The molecule has 0 amide bonds. The summed E-state index contributed by atoms with van der Waals surface area (Å²) in [5.74, 6) is 0.354. The van der Waals surface area contributed by atoms with E-state index in [0.717, 1.165) is 17.1 Å². The number of anilines is 5. The summed E-state index contributed by atoms with van der Waals surface area (Å²) in [6.45, 7) is 0. The van der Waals surface area contributed by atoms with Crippen LogP contribution in [0.3, 0.4) is 0 Å². The van der Waals surface area contributed by atoms with Gasteiger partial charge >= 0.3 is 0 Å². The maximum absolute atomic E-state index is 2.51. The minimum atomic E-state index is 0.265. The Kier molecular flexibility index (Phi) is 8.00. The van der Waals surface area contributed by atoms with Crippen molar-refractivity contribution < 1.29 is 0 Å². The first-order chi connectivity index (χ1) is 26.8. The third kappa shape index (κ3) is 5.79. The molecule has 0 spiro atoms. The van der Waals surface area contributed by atoms with Crippen LogP contribution in [0.2, 0.25) is 0 Å². The van der Waals surface area contributed by atoms with Gasteiger partial charge in [-0.1, -0.05) is 158 Å². The smallest absolute Gasteiger partial charge is 0.0629 e. The summed E-state index contributed by atoms with van der Waals surface area (Å²) in [4.78, 5) is 4.87. The highest BCUT2D eigenvalue weighted by Crippen LogP contribution is 2.48. The Balaban J connectivity index is 1.03. The van der Waals surface area contributed by atoms with Gasteiger partial charge in [0.1, 0.15) is 0 Å². The van der Waals surface area contributed by atoms with Crippen molar-refractivity contribution >= 4 is 39.2 Å². The monoisotopic (exact) mass is 690 g/mol. The molecule has 0 fully saturated rings. The highest BCUT2D eigenvalue weighted by molar-refractivity contribution is 5.88. The van der Waals surface area contributed by atoms with Gasteiger partial charge in [0.15, 0.2) is 0 Å². The average molecular weight is 691 g/mol. The first kappa shape index (κ1) is 31.8. The fourth-order valence-corrected chi connectivity index (χ4v) is 8.30. The highest BCUT2D eigenvalue weighted by Gasteiger charge is 2.37. The van der Waals surface area contributed by atoms with Gasteiger partial charge < -0.3 is 9.80 Å². The minimum Gasteiger partial charge on any atom is -0.333 e. The molecule has 0 N–H and O–H groups in total. The molecular weight excluding hydrogens is 653 g/mol. The number of para-hydroxylation sites is 1. The van der Waals surface area contributed by atoms with E-state index in [9.17, 15) is 0 Å². The number of allylic oxidation sites excluding steroid dienone is 2. The van der Waals surface area contributed by atoms with Gasteiger partial charge in [0.2, 0.25) is 0 Å². The van der Waals surface area contributed by atoms with Crippen LogP contribution in [0.5, 0.6) is 0 Å². The molecule has 2 nitrogen and oxygen atoms in total. The fraction of sp³-hybridized carbons (Fsp3) is 0.0385. The third-order valence-corrected chi connectivity index (χ3v) is 11.0. The Labute approximate surface area is 317 Å². The first-order valence-corrected chi connectivity index (χ1v) is 18.8. The van der Waals surface area contributed by atoms with E-state index in [-0.39, 0.29) is 6.04 Å². The van der Waals surface area contributed by atoms with Gasteiger partial charge in [-0.05, 0) is 110 Å². The lowest BCUT2D eigenvalue weighted by atomic mass is 9.91. The molecule has 2 heteroatoms. The van der Waals surface area contributed by atoms with E-state index in [1.54, 1.807) is 0 Å².